The Bertz CT molecular complexity index is 885. The summed E-state index contributed by atoms with van der Waals surface area (Å²) in [5, 5.41) is 3.38. The molecule has 0 aliphatic carbocycles. The molecule has 0 spiro atoms. The van der Waals surface area contributed by atoms with Crippen LogP contribution in [-0.2, 0) is 9.59 Å². The number of amides is 2. The number of amidine groups is 1. The van der Waals surface area contributed by atoms with Gasteiger partial charge in [0, 0.05) is 24.2 Å². The third-order valence-electron chi connectivity index (χ3n) is 4.05. The third-order valence-corrected chi connectivity index (χ3v) is 5.54. The van der Waals surface area contributed by atoms with Crippen molar-refractivity contribution in [1.82, 2.24) is 4.90 Å². The molecule has 0 radical (unpaired) electrons. The quantitative estimate of drug-likeness (QED) is 0.786. The van der Waals surface area contributed by atoms with Crippen molar-refractivity contribution in [2.75, 3.05) is 19.0 Å². The van der Waals surface area contributed by atoms with Crippen LogP contribution in [0, 0.1) is 0 Å². The molecule has 0 saturated carbocycles. The molecule has 2 aromatic carbocycles. The normalized spacial score (nSPS) is 18.2. The summed E-state index contributed by atoms with van der Waals surface area (Å²) in [6.07, 6.45) is 0.115. The highest BCUT2D eigenvalue weighted by Gasteiger charge is 2.34. The monoisotopic (exact) mass is 417 g/mol. The maximum Gasteiger partial charge on any atom is 0.238 e. The van der Waals surface area contributed by atoms with E-state index in [-0.39, 0.29) is 18.2 Å². The van der Waals surface area contributed by atoms with Gasteiger partial charge in [0.2, 0.25) is 11.8 Å². The van der Waals surface area contributed by atoms with Crippen molar-refractivity contribution in [3.05, 3.63) is 53.6 Å². The highest BCUT2D eigenvalue weighted by molar-refractivity contribution is 8.15. The van der Waals surface area contributed by atoms with Crippen LogP contribution in [0.15, 0.2) is 53.5 Å². The lowest BCUT2D eigenvalue weighted by Crippen LogP contribution is -2.43. The number of carbonyl (C=O) groups is 2. The van der Waals surface area contributed by atoms with E-state index in [9.17, 15) is 9.59 Å². The zero-order valence-corrected chi connectivity index (χ0v) is 17.1. The molecular formula is C20H20ClN3O3S. The molecule has 8 heteroatoms. The Morgan fingerprint density at radius 2 is 1.93 bits per heavy atom. The van der Waals surface area contributed by atoms with Gasteiger partial charge in [-0.05, 0) is 55.5 Å². The molecule has 28 heavy (non-hydrogen) atoms. The molecule has 1 fully saturated rings. The second-order valence-corrected chi connectivity index (χ2v) is 7.69. The van der Waals surface area contributed by atoms with Crippen molar-refractivity contribution in [2.45, 2.75) is 18.6 Å². The molecule has 1 aliphatic rings. The first-order valence-corrected chi connectivity index (χ1v) is 10.0. The van der Waals surface area contributed by atoms with Gasteiger partial charge in [0.05, 0.1) is 12.3 Å². The molecule has 1 saturated heterocycles. The van der Waals surface area contributed by atoms with Crippen molar-refractivity contribution in [3.63, 3.8) is 0 Å². The summed E-state index contributed by atoms with van der Waals surface area (Å²) < 4.78 is 5.40. The number of aliphatic imine (C=N–C) groups is 1. The SMILES string of the molecule is CCOc1ccc(NC(=O)[C@@H]2CC(=O)N(C)C(=Nc3ccc(Cl)cc3)S2)cc1. The Morgan fingerprint density at radius 3 is 2.57 bits per heavy atom. The van der Waals surface area contributed by atoms with Crippen LogP contribution in [0.4, 0.5) is 11.4 Å². The zero-order chi connectivity index (χ0) is 20.1. The summed E-state index contributed by atoms with van der Waals surface area (Å²) in [7, 11) is 1.66. The topological polar surface area (TPSA) is 71.0 Å². The summed E-state index contributed by atoms with van der Waals surface area (Å²) >= 11 is 7.16. The van der Waals surface area contributed by atoms with E-state index in [4.69, 9.17) is 16.3 Å². The molecule has 2 aromatic rings. The first kappa shape index (κ1) is 20.2. The van der Waals surface area contributed by atoms with Crippen LogP contribution < -0.4 is 10.1 Å². The van der Waals surface area contributed by atoms with Gasteiger partial charge >= 0.3 is 0 Å². The predicted octanol–water partition coefficient (Wildman–Crippen LogP) is 4.33. The van der Waals surface area contributed by atoms with Crippen molar-refractivity contribution < 1.29 is 14.3 Å². The van der Waals surface area contributed by atoms with E-state index in [0.717, 1.165) is 5.75 Å². The zero-order valence-electron chi connectivity index (χ0n) is 15.5. The van der Waals surface area contributed by atoms with Crippen LogP contribution >= 0.6 is 23.4 Å². The number of halogens is 1. The molecule has 0 unspecified atom stereocenters. The molecule has 3 rings (SSSR count). The summed E-state index contributed by atoms with van der Waals surface area (Å²) in [5.41, 5.74) is 1.32. The van der Waals surface area contributed by atoms with Gasteiger partial charge in [-0.1, -0.05) is 23.4 Å². The molecule has 2 amide bonds. The lowest BCUT2D eigenvalue weighted by molar-refractivity contribution is -0.128. The Labute approximate surface area is 172 Å². The van der Waals surface area contributed by atoms with Crippen molar-refractivity contribution >= 4 is 51.7 Å². The van der Waals surface area contributed by atoms with E-state index in [1.54, 1.807) is 55.6 Å². The van der Waals surface area contributed by atoms with Gasteiger partial charge in [0.15, 0.2) is 5.17 Å². The fourth-order valence-corrected chi connectivity index (χ4v) is 3.74. The fraction of sp³-hybridized carbons (Fsp3) is 0.250. The Balaban J connectivity index is 1.71. The highest BCUT2D eigenvalue weighted by Crippen LogP contribution is 2.29. The lowest BCUT2D eigenvalue weighted by Gasteiger charge is -2.28. The Morgan fingerprint density at radius 1 is 1.25 bits per heavy atom. The van der Waals surface area contributed by atoms with Gasteiger partial charge in [-0.2, -0.15) is 0 Å². The number of nitrogens with zero attached hydrogens (tertiary/aromatic N) is 2. The van der Waals surface area contributed by atoms with Gasteiger partial charge in [-0.25, -0.2) is 4.99 Å². The number of rotatable bonds is 5. The fourth-order valence-electron chi connectivity index (χ4n) is 2.55. The van der Waals surface area contributed by atoms with Gasteiger partial charge < -0.3 is 10.1 Å². The lowest BCUT2D eigenvalue weighted by atomic mass is 10.2. The van der Waals surface area contributed by atoms with Crippen molar-refractivity contribution in [1.29, 1.82) is 0 Å². The van der Waals surface area contributed by atoms with E-state index in [0.29, 0.717) is 28.2 Å². The third kappa shape index (κ3) is 5.05. The largest absolute Gasteiger partial charge is 0.494 e. The molecule has 1 heterocycles. The molecule has 146 valence electrons. The summed E-state index contributed by atoms with van der Waals surface area (Å²) in [6, 6.07) is 14.1. The average molecular weight is 418 g/mol. The highest BCUT2D eigenvalue weighted by atomic mass is 35.5. The van der Waals surface area contributed by atoms with Crippen LogP contribution in [0.25, 0.3) is 0 Å². The number of carbonyl (C=O) groups excluding carboxylic acids is 2. The van der Waals surface area contributed by atoms with Gasteiger partial charge in [-0.15, -0.1) is 0 Å². The van der Waals surface area contributed by atoms with E-state index in [1.807, 2.05) is 6.92 Å². The molecule has 0 aromatic heterocycles. The van der Waals surface area contributed by atoms with Gasteiger partial charge in [-0.3, -0.25) is 14.5 Å². The van der Waals surface area contributed by atoms with Crippen LogP contribution in [-0.4, -0.2) is 40.8 Å². The summed E-state index contributed by atoms with van der Waals surface area (Å²) in [5.74, 6) is 0.347. The second kappa shape index (κ2) is 9.12. The van der Waals surface area contributed by atoms with Gasteiger partial charge in [0.1, 0.15) is 11.0 Å². The number of benzene rings is 2. The van der Waals surface area contributed by atoms with Crippen LogP contribution in [0.2, 0.25) is 5.02 Å². The molecule has 1 atom stereocenters. The molecule has 6 nitrogen and oxygen atoms in total. The van der Waals surface area contributed by atoms with Crippen LogP contribution in [0.3, 0.4) is 0 Å². The first-order valence-electron chi connectivity index (χ1n) is 8.77. The average Bonchev–Trinajstić information content (AvgIpc) is 2.68. The molecule has 1 N–H and O–H groups in total. The minimum Gasteiger partial charge on any atom is -0.494 e. The smallest absolute Gasteiger partial charge is 0.238 e. The predicted molar refractivity (Wildman–Crippen MR) is 114 cm³/mol. The number of hydrogen-bond donors (Lipinski definition) is 1. The Kier molecular flexibility index (Phi) is 6.59. The minimum atomic E-state index is -0.554. The second-order valence-electron chi connectivity index (χ2n) is 6.08. The van der Waals surface area contributed by atoms with Crippen molar-refractivity contribution in [3.8, 4) is 5.75 Å². The maximum absolute atomic E-state index is 12.7. The standard InChI is InChI=1S/C20H20ClN3O3S/c1-3-27-16-10-8-14(9-11-16)22-19(26)17-12-18(25)24(2)20(28-17)23-15-6-4-13(21)5-7-15/h4-11,17H,3,12H2,1-2H3,(H,22,26)/t17-/m0/s1. The Hall–Kier alpha value is -2.51. The van der Waals surface area contributed by atoms with E-state index >= 15 is 0 Å². The molecule has 0 bridgehead atoms. The first-order chi connectivity index (χ1) is 13.5. The van der Waals surface area contributed by atoms with E-state index in [2.05, 4.69) is 10.3 Å². The number of ether oxygens (including phenoxy) is 1. The molecular weight excluding hydrogens is 398 g/mol. The number of anilines is 1. The summed E-state index contributed by atoms with van der Waals surface area (Å²) in [6.45, 7) is 2.49. The summed E-state index contributed by atoms with van der Waals surface area (Å²) in [4.78, 5) is 31.0. The van der Waals surface area contributed by atoms with Crippen molar-refractivity contribution in [2.24, 2.45) is 4.99 Å². The van der Waals surface area contributed by atoms with E-state index < -0.39 is 5.25 Å². The number of nitrogens with one attached hydrogen (secondary N) is 1. The van der Waals surface area contributed by atoms with Gasteiger partial charge in [0.25, 0.3) is 0 Å². The van der Waals surface area contributed by atoms with Crippen LogP contribution in [0.1, 0.15) is 13.3 Å². The minimum absolute atomic E-state index is 0.115. The maximum atomic E-state index is 12.7. The number of thioether (sulfide) groups is 1. The number of hydrogen-bond acceptors (Lipinski definition) is 5. The molecule has 1 aliphatic heterocycles. The van der Waals surface area contributed by atoms with Crippen LogP contribution in [0.5, 0.6) is 5.75 Å². The van der Waals surface area contributed by atoms with E-state index in [1.165, 1.54) is 16.7 Å².